The molecule has 5 rings (SSSR count). The molecule has 0 saturated heterocycles. The van der Waals surface area contributed by atoms with Crippen LogP contribution in [0.15, 0.2) is 116 Å². The van der Waals surface area contributed by atoms with Crippen LogP contribution in [0.1, 0.15) is 73.7 Å². The van der Waals surface area contributed by atoms with Crippen LogP contribution in [0.3, 0.4) is 0 Å². The third kappa shape index (κ3) is 10.2. The second kappa shape index (κ2) is 16.6. The molecule has 0 aromatic heterocycles. The summed E-state index contributed by atoms with van der Waals surface area (Å²) >= 11 is 0. The molecule has 0 bridgehead atoms. The first-order valence-corrected chi connectivity index (χ1v) is 17.4. The van der Waals surface area contributed by atoms with E-state index in [-0.39, 0.29) is 12.1 Å². The average molecular weight is 733 g/mol. The van der Waals surface area contributed by atoms with E-state index in [9.17, 15) is 23.6 Å². The summed E-state index contributed by atoms with van der Waals surface area (Å²) in [6.45, 7) is 12.9. The fraction of sp³-hybridized carbons (Fsp3) is 0.227. The Kier molecular flexibility index (Phi) is 12.0. The van der Waals surface area contributed by atoms with Crippen molar-refractivity contribution >= 4 is 45.4 Å². The van der Waals surface area contributed by atoms with Crippen LogP contribution in [-0.2, 0) is 20.7 Å². The SMILES string of the molecule is C=CC(=O)OC(C)(C)CC(C)(C)Oc1ccc2cc(C(=O)Oc3ccc(OC(=O)c4ccc5cc(OC(=O)/C=C\F)ccc5c4)c(CCC)c3)ccc2c1. The molecule has 10 heteroatoms. The summed E-state index contributed by atoms with van der Waals surface area (Å²) in [6.07, 6.45) is 3.66. The third-order valence-electron chi connectivity index (χ3n) is 8.27. The number of carbonyl (C=O) groups excluding carboxylic acids is 4. The van der Waals surface area contributed by atoms with Crippen LogP contribution in [-0.4, -0.2) is 35.1 Å². The Hall–Kier alpha value is -6.29. The standard InChI is InChI=1S/C44H41FO9/c1-7-9-32-26-36(18-19-38(32)52-42(49)34-13-10-30-24-35(16-14-28(30)23-34)50-40(47)20-21-45)51-41(48)33-12-11-31-25-37(17-15-29(31)22-33)53-43(3,4)27-44(5,6)54-39(46)8-2/h8,10-26H,2,7,9,27H2,1,3-6H3/b21-20-. The molecule has 0 fully saturated rings. The van der Waals surface area contributed by atoms with Gasteiger partial charge in [0.05, 0.1) is 23.5 Å². The first kappa shape index (κ1) is 38.9. The molecule has 0 N–H and O–H groups in total. The van der Waals surface area contributed by atoms with Gasteiger partial charge in [-0.15, -0.1) is 0 Å². The molecule has 0 amide bonds. The van der Waals surface area contributed by atoms with Gasteiger partial charge in [-0.05, 0) is 128 Å². The Bertz CT molecular complexity index is 2270. The molecule has 0 aliphatic rings. The van der Waals surface area contributed by atoms with Gasteiger partial charge in [0.25, 0.3) is 0 Å². The summed E-state index contributed by atoms with van der Waals surface area (Å²) < 4.78 is 40.6. The highest BCUT2D eigenvalue weighted by Crippen LogP contribution is 2.32. The molecule has 5 aromatic rings. The van der Waals surface area contributed by atoms with E-state index in [1.54, 1.807) is 66.7 Å². The lowest BCUT2D eigenvalue weighted by Crippen LogP contribution is -2.40. The summed E-state index contributed by atoms with van der Waals surface area (Å²) in [4.78, 5) is 49.8. The van der Waals surface area contributed by atoms with Crippen LogP contribution in [0.5, 0.6) is 23.0 Å². The number of hydrogen-bond donors (Lipinski definition) is 0. The third-order valence-corrected chi connectivity index (χ3v) is 8.27. The Labute approximate surface area is 312 Å². The van der Waals surface area contributed by atoms with E-state index in [0.29, 0.717) is 63.6 Å². The van der Waals surface area contributed by atoms with Crippen molar-refractivity contribution in [3.05, 3.63) is 133 Å². The van der Waals surface area contributed by atoms with Gasteiger partial charge in [0.15, 0.2) is 0 Å². The number of esters is 4. The number of benzene rings is 5. The molecular weight excluding hydrogens is 691 g/mol. The summed E-state index contributed by atoms with van der Waals surface area (Å²) in [5.41, 5.74) is -0.0751. The largest absolute Gasteiger partial charge is 0.488 e. The molecule has 0 heterocycles. The topological polar surface area (TPSA) is 114 Å². The van der Waals surface area contributed by atoms with Gasteiger partial charge in [0, 0.05) is 12.5 Å². The average Bonchev–Trinajstić information content (AvgIpc) is 3.11. The summed E-state index contributed by atoms with van der Waals surface area (Å²) in [5, 5.41) is 3.08. The number of hydrogen-bond acceptors (Lipinski definition) is 9. The number of aryl methyl sites for hydroxylation is 1. The lowest BCUT2D eigenvalue weighted by atomic mass is 9.92. The number of ether oxygens (including phenoxy) is 5. The highest BCUT2D eigenvalue weighted by molar-refractivity contribution is 5.98. The maximum atomic E-state index is 13.3. The zero-order valence-corrected chi connectivity index (χ0v) is 30.8. The van der Waals surface area contributed by atoms with Crippen LogP contribution >= 0.6 is 0 Å². The number of rotatable bonds is 14. The van der Waals surface area contributed by atoms with Gasteiger partial charge in [0.1, 0.15) is 34.2 Å². The van der Waals surface area contributed by atoms with Crippen molar-refractivity contribution < 1.29 is 47.3 Å². The van der Waals surface area contributed by atoms with E-state index in [1.165, 1.54) is 0 Å². The van der Waals surface area contributed by atoms with Crippen molar-refractivity contribution in [2.24, 2.45) is 0 Å². The number of fused-ring (bicyclic) bond motifs is 2. The van der Waals surface area contributed by atoms with Crippen LogP contribution in [0.2, 0.25) is 0 Å². The highest BCUT2D eigenvalue weighted by atomic mass is 19.1. The predicted octanol–water partition coefficient (Wildman–Crippen LogP) is 9.83. The number of halogens is 1. The van der Waals surface area contributed by atoms with Crippen molar-refractivity contribution in [3.8, 4) is 23.0 Å². The maximum Gasteiger partial charge on any atom is 0.343 e. The normalized spacial score (nSPS) is 11.7. The van der Waals surface area contributed by atoms with Crippen molar-refractivity contribution in [3.63, 3.8) is 0 Å². The highest BCUT2D eigenvalue weighted by Gasteiger charge is 2.33. The molecule has 9 nitrogen and oxygen atoms in total. The molecule has 0 atom stereocenters. The van der Waals surface area contributed by atoms with Gasteiger partial charge in [-0.1, -0.05) is 44.2 Å². The second-order valence-corrected chi connectivity index (χ2v) is 13.9. The fourth-order valence-corrected chi connectivity index (χ4v) is 6.27. The molecule has 54 heavy (non-hydrogen) atoms. The lowest BCUT2D eigenvalue weighted by molar-refractivity contribution is -0.154. The van der Waals surface area contributed by atoms with E-state index in [0.717, 1.165) is 23.3 Å². The zero-order chi connectivity index (χ0) is 39.0. The molecule has 5 aromatic carbocycles. The summed E-state index contributed by atoms with van der Waals surface area (Å²) in [6, 6.07) is 25.5. The first-order valence-electron chi connectivity index (χ1n) is 17.4. The van der Waals surface area contributed by atoms with E-state index in [2.05, 4.69) is 6.58 Å². The summed E-state index contributed by atoms with van der Waals surface area (Å²) in [7, 11) is 0. The molecule has 0 saturated carbocycles. The molecule has 278 valence electrons. The molecule has 0 aliphatic carbocycles. The summed E-state index contributed by atoms with van der Waals surface area (Å²) in [5.74, 6) is -0.946. The minimum atomic E-state index is -0.843. The van der Waals surface area contributed by atoms with Gasteiger partial charge in [0.2, 0.25) is 0 Å². The Morgan fingerprint density at radius 1 is 0.648 bits per heavy atom. The molecule has 0 radical (unpaired) electrons. The van der Waals surface area contributed by atoms with Gasteiger partial charge in [-0.3, -0.25) is 0 Å². The van der Waals surface area contributed by atoms with Gasteiger partial charge in [-0.25, -0.2) is 23.6 Å². The van der Waals surface area contributed by atoms with E-state index in [1.807, 2.05) is 58.9 Å². The van der Waals surface area contributed by atoms with Gasteiger partial charge in [-0.2, -0.15) is 0 Å². The minimum Gasteiger partial charge on any atom is -0.488 e. The predicted molar refractivity (Wildman–Crippen MR) is 204 cm³/mol. The molecule has 0 aliphatic heterocycles. The van der Waals surface area contributed by atoms with E-state index in [4.69, 9.17) is 23.7 Å². The quantitative estimate of drug-likeness (QED) is 0.0625. The van der Waals surface area contributed by atoms with Crippen LogP contribution in [0.4, 0.5) is 4.39 Å². The van der Waals surface area contributed by atoms with Crippen molar-refractivity contribution in [1.82, 2.24) is 0 Å². The Balaban J connectivity index is 1.25. The first-order chi connectivity index (χ1) is 25.7. The van der Waals surface area contributed by atoms with Crippen molar-refractivity contribution in [1.29, 1.82) is 0 Å². The van der Waals surface area contributed by atoms with E-state index < -0.39 is 35.1 Å². The molecule has 0 unspecified atom stereocenters. The number of carbonyl (C=O) groups is 4. The van der Waals surface area contributed by atoms with Crippen LogP contribution in [0, 0.1) is 0 Å². The minimum absolute atomic E-state index is 0.104. The van der Waals surface area contributed by atoms with Crippen molar-refractivity contribution in [2.45, 2.75) is 65.1 Å². The Morgan fingerprint density at radius 2 is 1.19 bits per heavy atom. The zero-order valence-electron chi connectivity index (χ0n) is 30.8. The van der Waals surface area contributed by atoms with Gasteiger partial charge < -0.3 is 23.7 Å². The smallest absolute Gasteiger partial charge is 0.343 e. The Morgan fingerprint density at radius 3 is 1.80 bits per heavy atom. The molecule has 0 spiro atoms. The monoisotopic (exact) mass is 732 g/mol. The lowest BCUT2D eigenvalue weighted by Gasteiger charge is -2.34. The molecular formula is C44H41FO9. The van der Waals surface area contributed by atoms with Crippen LogP contribution in [0.25, 0.3) is 21.5 Å². The fourth-order valence-electron chi connectivity index (χ4n) is 6.27. The van der Waals surface area contributed by atoms with Gasteiger partial charge >= 0.3 is 23.9 Å². The second-order valence-electron chi connectivity index (χ2n) is 13.9. The van der Waals surface area contributed by atoms with E-state index >= 15 is 0 Å². The van der Waals surface area contributed by atoms with Crippen LogP contribution < -0.4 is 18.9 Å². The van der Waals surface area contributed by atoms with Crippen molar-refractivity contribution in [2.75, 3.05) is 0 Å². The maximum absolute atomic E-state index is 13.3.